The molecule has 0 saturated heterocycles. The lowest BCUT2D eigenvalue weighted by molar-refractivity contribution is 1.24. The fraction of sp³-hybridized carbons (Fsp3) is 0.0714. The molecule has 0 aliphatic heterocycles. The van der Waals surface area contributed by atoms with Crippen molar-refractivity contribution >= 4 is 29.2 Å². The molecule has 2 rings (SSSR count). The molecule has 0 bridgehead atoms. The van der Waals surface area contributed by atoms with Crippen molar-refractivity contribution in [3.63, 3.8) is 0 Å². The van der Waals surface area contributed by atoms with E-state index in [-0.39, 0.29) is 0 Å². The summed E-state index contributed by atoms with van der Waals surface area (Å²) in [7, 11) is 1.87. The lowest BCUT2D eigenvalue weighted by Crippen LogP contribution is -2.28. The summed E-state index contributed by atoms with van der Waals surface area (Å²) in [6.07, 6.45) is 3.70. The van der Waals surface area contributed by atoms with Gasteiger partial charge >= 0.3 is 0 Å². The van der Waals surface area contributed by atoms with Gasteiger partial charge in [0.05, 0.1) is 5.35 Å². The van der Waals surface area contributed by atoms with Crippen LogP contribution in [0, 0.1) is 0 Å². The van der Waals surface area contributed by atoms with E-state index in [1.807, 2.05) is 31.3 Å². The predicted molar refractivity (Wildman–Crippen MR) is 70.7 cm³/mol. The number of rotatable bonds is 2. The van der Waals surface area contributed by atoms with E-state index in [0.29, 0.717) is 0 Å². The molecule has 0 amide bonds. The highest BCUT2D eigenvalue weighted by Gasteiger charge is 2.01. The maximum Gasteiger partial charge on any atom is 0.134 e. The van der Waals surface area contributed by atoms with E-state index in [4.69, 9.17) is 0 Å². The molecular weight excluding hydrogens is 196 g/mol. The number of fused-ring (bicyclic) bond motifs is 1. The Balaban J connectivity index is 3.04. The van der Waals surface area contributed by atoms with Crippen molar-refractivity contribution in [1.82, 2.24) is 4.98 Å². The third-order valence-electron chi connectivity index (χ3n) is 2.55. The van der Waals surface area contributed by atoms with Gasteiger partial charge in [0.2, 0.25) is 0 Å². The lowest BCUT2D eigenvalue weighted by Gasteiger charge is -2.05. The van der Waals surface area contributed by atoms with Gasteiger partial charge in [0, 0.05) is 17.7 Å². The molecule has 0 saturated carbocycles. The molecule has 1 N–H and O–H groups in total. The van der Waals surface area contributed by atoms with Crippen LogP contribution in [0.4, 0.5) is 5.82 Å². The Bertz CT molecular complexity index is 642. The van der Waals surface area contributed by atoms with Crippen molar-refractivity contribution < 1.29 is 0 Å². The Morgan fingerprint density at radius 2 is 1.94 bits per heavy atom. The molecule has 1 aromatic carbocycles. The molecule has 0 spiro atoms. The number of allylic oxidation sites excluding steroid dienone is 1. The number of aromatic nitrogens is 1. The standard InChI is InChI=1S/C14H14N2/c1-4-7-11-10(2)16-14(15-3)13-9-6-5-8-12(11)13/h4-9H,1-2H2,3H3,(H,15,16)/b11-7+. The normalized spacial score (nSPS) is 11.7. The van der Waals surface area contributed by atoms with Gasteiger partial charge in [-0.2, -0.15) is 0 Å². The van der Waals surface area contributed by atoms with Crippen LogP contribution >= 0.6 is 0 Å². The molecule has 16 heavy (non-hydrogen) atoms. The van der Waals surface area contributed by atoms with Crippen LogP contribution in [0.3, 0.4) is 0 Å². The van der Waals surface area contributed by atoms with Crippen molar-refractivity contribution in [2.75, 3.05) is 12.4 Å². The fourth-order valence-electron chi connectivity index (χ4n) is 1.83. The van der Waals surface area contributed by atoms with Gasteiger partial charge in [-0.3, -0.25) is 0 Å². The zero-order valence-corrected chi connectivity index (χ0v) is 9.33. The second kappa shape index (κ2) is 4.19. The van der Waals surface area contributed by atoms with Crippen LogP contribution in [0.25, 0.3) is 23.4 Å². The average molecular weight is 210 g/mol. The van der Waals surface area contributed by atoms with Crippen LogP contribution in [-0.4, -0.2) is 12.0 Å². The van der Waals surface area contributed by atoms with E-state index in [1.54, 1.807) is 6.08 Å². The molecule has 1 heterocycles. The van der Waals surface area contributed by atoms with E-state index in [1.165, 1.54) is 0 Å². The molecule has 0 aliphatic carbocycles. The Morgan fingerprint density at radius 1 is 1.25 bits per heavy atom. The molecule has 0 radical (unpaired) electrons. The third kappa shape index (κ3) is 1.58. The van der Waals surface area contributed by atoms with E-state index in [0.717, 1.165) is 27.2 Å². The third-order valence-corrected chi connectivity index (χ3v) is 2.55. The van der Waals surface area contributed by atoms with E-state index >= 15 is 0 Å². The highest BCUT2D eigenvalue weighted by atomic mass is 15.0. The Labute approximate surface area is 94.6 Å². The van der Waals surface area contributed by atoms with Gasteiger partial charge in [-0.1, -0.05) is 49.6 Å². The number of nitrogens with one attached hydrogen (secondary N) is 1. The zero-order chi connectivity index (χ0) is 11.5. The van der Waals surface area contributed by atoms with Crippen LogP contribution in [0.2, 0.25) is 0 Å². The van der Waals surface area contributed by atoms with Crippen molar-refractivity contribution in [3.8, 4) is 0 Å². The molecule has 0 aliphatic rings. The van der Waals surface area contributed by atoms with Gasteiger partial charge in [0.1, 0.15) is 5.82 Å². The predicted octanol–water partition coefficient (Wildman–Crippen LogP) is 1.65. The molecule has 80 valence electrons. The van der Waals surface area contributed by atoms with E-state index < -0.39 is 0 Å². The number of nitrogens with zero attached hydrogens (tertiary/aromatic N) is 1. The lowest BCUT2D eigenvalue weighted by atomic mass is 10.1. The zero-order valence-electron chi connectivity index (χ0n) is 9.33. The van der Waals surface area contributed by atoms with Crippen molar-refractivity contribution in [2.45, 2.75) is 0 Å². The van der Waals surface area contributed by atoms with E-state index in [2.05, 4.69) is 29.5 Å². The molecule has 2 nitrogen and oxygen atoms in total. The Hall–Kier alpha value is -2.09. The highest BCUT2D eigenvalue weighted by Crippen LogP contribution is 2.15. The minimum absolute atomic E-state index is 0.767. The smallest absolute Gasteiger partial charge is 0.134 e. The summed E-state index contributed by atoms with van der Waals surface area (Å²) in [5, 5.41) is 7.14. The number of hydrogen-bond donors (Lipinski definition) is 1. The number of pyridine rings is 1. The minimum atomic E-state index is 0.767. The first-order chi connectivity index (χ1) is 7.77. The molecule has 0 fully saturated rings. The van der Waals surface area contributed by atoms with Gasteiger partial charge in [-0.05, 0) is 5.39 Å². The van der Waals surface area contributed by atoms with Gasteiger partial charge in [0.15, 0.2) is 0 Å². The fourth-order valence-corrected chi connectivity index (χ4v) is 1.83. The summed E-state index contributed by atoms with van der Waals surface area (Å²) in [4.78, 5) is 4.44. The maximum absolute atomic E-state index is 4.44. The Morgan fingerprint density at radius 3 is 2.56 bits per heavy atom. The first-order valence-corrected chi connectivity index (χ1v) is 5.16. The maximum atomic E-state index is 4.44. The SMILES string of the molecule is C=C/C=c1\c(=C)nc(NC)c2ccccc12. The summed E-state index contributed by atoms with van der Waals surface area (Å²) in [5.41, 5.74) is 0. The second-order valence-corrected chi connectivity index (χ2v) is 3.52. The minimum Gasteiger partial charge on any atom is -0.373 e. The largest absolute Gasteiger partial charge is 0.373 e. The summed E-state index contributed by atoms with van der Waals surface area (Å²) < 4.78 is 0. The average Bonchev–Trinajstić information content (AvgIpc) is 2.32. The second-order valence-electron chi connectivity index (χ2n) is 3.52. The molecule has 1 aromatic heterocycles. The number of hydrogen-bond acceptors (Lipinski definition) is 2. The number of benzene rings is 1. The highest BCUT2D eigenvalue weighted by molar-refractivity contribution is 5.92. The molecular formula is C14H14N2. The summed E-state index contributed by atoms with van der Waals surface area (Å²) in [6, 6.07) is 8.14. The van der Waals surface area contributed by atoms with Crippen LogP contribution in [0.1, 0.15) is 0 Å². The first-order valence-electron chi connectivity index (χ1n) is 5.16. The van der Waals surface area contributed by atoms with E-state index in [9.17, 15) is 0 Å². The van der Waals surface area contributed by atoms with Crippen LogP contribution < -0.4 is 15.9 Å². The van der Waals surface area contributed by atoms with Crippen molar-refractivity contribution in [1.29, 1.82) is 0 Å². The quantitative estimate of drug-likeness (QED) is 0.815. The van der Waals surface area contributed by atoms with Gasteiger partial charge < -0.3 is 5.32 Å². The molecule has 0 unspecified atom stereocenters. The molecule has 2 heteroatoms. The van der Waals surface area contributed by atoms with Gasteiger partial charge in [0.25, 0.3) is 0 Å². The van der Waals surface area contributed by atoms with Crippen LogP contribution in [0.5, 0.6) is 0 Å². The molecule has 2 aromatic rings. The summed E-state index contributed by atoms with van der Waals surface area (Å²) in [6.45, 7) is 7.69. The van der Waals surface area contributed by atoms with Crippen molar-refractivity contribution in [3.05, 3.63) is 47.5 Å². The Kier molecular flexibility index (Phi) is 2.73. The topological polar surface area (TPSA) is 24.9 Å². The summed E-state index contributed by atoms with van der Waals surface area (Å²) >= 11 is 0. The van der Waals surface area contributed by atoms with Crippen LogP contribution in [0.15, 0.2) is 36.9 Å². The van der Waals surface area contributed by atoms with Crippen molar-refractivity contribution in [2.24, 2.45) is 0 Å². The van der Waals surface area contributed by atoms with Gasteiger partial charge in [-0.15, -0.1) is 0 Å². The van der Waals surface area contributed by atoms with Crippen LogP contribution in [-0.2, 0) is 0 Å². The monoisotopic (exact) mass is 210 g/mol. The molecule has 0 atom stereocenters. The first kappa shape index (κ1) is 10.4. The number of anilines is 1. The van der Waals surface area contributed by atoms with Gasteiger partial charge in [-0.25, -0.2) is 4.98 Å². The summed E-state index contributed by atoms with van der Waals surface area (Å²) in [5.74, 6) is 0.863.